The summed E-state index contributed by atoms with van der Waals surface area (Å²) in [6.07, 6.45) is 1.67. The largest absolute Gasteiger partial charge is 0.319 e. The molecule has 1 amide bonds. The summed E-state index contributed by atoms with van der Waals surface area (Å²) in [4.78, 5) is 14.2. The SMILES string of the molecule is Cc1ccc(C2NCC(=O)N2C2CCS(=O)CC2)cc1. The van der Waals surface area contributed by atoms with Gasteiger partial charge in [-0.05, 0) is 25.3 Å². The number of rotatable bonds is 2. The minimum Gasteiger partial charge on any atom is -0.319 e. The Bertz CT molecular complexity index is 519. The Hall–Kier alpha value is -1.20. The standard InChI is InChI=1S/C15H20N2O2S/c1-11-2-4-12(5-3-11)15-16-10-14(18)17(15)13-6-8-20(19)9-7-13/h2-5,13,15-16H,6-10H2,1H3. The van der Waals surface area contributed by atoms with Crippen LogP contribution in [0.1, 0.15) is 30.1 Å². The van der Waals surface area contributed by atoms with Crippen LogP contribution in [-0.4, -0.2) is 39.1 Å². The van der Waals surface area contributed by atoms with Crippen molar-refractivity contribution < 1.29 is 9.00 Å². The van der Waals surface area contributed by atoms with E-state index in [0.29, 0.717) is 6.54 Å². The predicted molar refractivity (Wildman–Crippen MR) is 79.7 cm³/mol. The number of carbonyl (C=O) groups is 1. The lowest BCUT2D eigenvalue weighted by atomic mass is 10.1. The lowest BCUT2D eigenvalue weighted by Crippen LogP contribution is -2.43. The highest BCUT2D eigenvalue weighted by Crippen LogP contribution is 2.29. The van der Waals surface area contributed by atoms with Gasteiger partial charge in [0.15, 0.2) is 0 Å². The van der Waals surface area contributed by atoms with Crippen molar-refractivity contribution in [3.8, 4) is 0 Å². The normalized spacial score (nSPS) is 30.8. The van der Waals surface area contributed by atoms with Gasteiger partial charge < -0.3 is 4.90 Å². The number of aryl methyl sites for hydroxylation is 1. The molecule has 0 radical (unpaired) electrons. The topological polar surface area (TPSA) is 49.4 Å². The maximum Gasteiger partial charge on any atom is 0.238 e. The van der Waals surface area contributed by atoms with Crippen LogP contribution in [0.4, 0.5) is 0 Å². The van der Waals surface area contributed by atoms with Crippen LogP contribution in [-0.2, 0) is 15.6 Å². The van der Waals surface area contributed by atoms with Crippen LogP contribution in [0.15, 0.2) is 24.3 Å². The monoisotopic (exact) mass is 292 g/mol. The molecule has 1 aromatic rings. The van der Waals surface area contributed by atoms with E-state index >= 15 is 0 Å². The highest BCUT2D eigenvalue weighted by atomic mass is 32.2. The van der Waals surface area contributed by atoms with E-state index in [2.05, 4.69) is 36.5 Å². The number of nitrogens with one attached hydrogen (secondary N) is 1. The molecule has 20 heavy (non-hydrogen) atoms. The van der Waals surface area contributed by atoms with Gasteiger partial charge in [-0.2, -0.15) is 0 Å². The average molecular weight is 292 g/mol. The third-order valence-corrected chi connectivity index (χ3v) is 5.54. The van der Waals surface area contributed by atoms with E-state index in [1.54, 1.807) is 0 Å². The summed E-state index contributed by atoms with van der Waals surface area (Å²) in [5.74, 6) is 1.60. The molecule has 2 aliphatic heterocycles. The van der Waals surface area contributed by atoms with Gasteiger partial charge in [0, 0.05) is 28.3 Å². The highest BCUT2D eigenvalue weighted by Gasteiger charge is 2.37. The molecule has 2 fully saturated rings. The van der Waals surface area contributed by atoms with Gasteiger partial charge in [0.2, 0.25) is 5.91 Å². The van der Waals surface area contributed by atoms with Crippen molar-refractivity contribution >= 4 is 16.7 Å². The fraction of sp³-hybridized carbons (Fsp3) is 0.533. The van der Waals surface area contributed by atoms with Gasteiger partial charge in [0.1, 0.15) is 6.17 Å². The maximum atomic E-state index is 12.2. The van der Waals surface area contributed by atoms with E-state index in [-0.39, 0.29) is 18.1 Å². The van der Waals surface area contributed by atoms with E-state index in [1.165, 1.54) is 5.56 Å². The lowest BCUT2D eigenvalue weighted by Gasteiger charge is -2.35. The summed E-state index contributed by atoms with van der Waals surface area (Å²) >= 11 is 0. The zero-order chi connectivity index (χ0) is 14.1. The third kappa shape index (κ3) is 2.65. The number of benzene rings is 1. The Morgan fingerprint density at radius 2 is 1.85 bits per heavy atom. The van der Waals surface area contributed by atoms with Crippen molar-refractivity contribution in [2.75, 3.05) is 18.1 Å². The van der Waals surface area contributed by atoms with Crippen molar-refractivity contribution in [1.29, 1.82) is 0 Å². The first-order valence-corrected chi connectivity index (χ1v) is 8.60. The van der Waals surface area contributed by atoms with Crippen LogP contribution in [0.5, 0.6) is 0 Å². The number of amides is 1. The van der Waals surface area contributed by atoms with Crippen molar-refractivity contribution in [1.82, 2.24) is 10.2 Å². The molecule has 1 atom stereocenters. The van der Waals surface area contributed by atoms with Crippen LogP contribution < -0.4 is 5.32 Å². The van der Waals surface area contributed by atoms with Gasteiger partial charge in [0.25, 0.3) is 0 Å². The van der Waals surface area contributed by atoms with Gasteiger partial charge in [-0.1, -0.05) is 29.8 Å². The molecule has 0 bridgehead atoms. The molecule has 2 aliphatic rings. The van der Waals surface area contributed by atoms with Gasteiger partial charge in [-0.3, -0.25) is 14.3 Å². The molecule has 1 unspecified atom stereocenters. The zero-order valence-electron chi connectivity index (χ0n) is 11.7. The van der Waals surface area contributed by atoms with Crippen LogP contribution in [0.25, 0.3) is 0 Å². The lowest BCUT2D eigenvalue weighted by molar-refractivity contribution is -0.130. The Morgan fingerprint density at radius 3 is 2.50 bits per heavy atom. The van der Waals surface area contributed by atoms with Crippen molar-refractivity contribution in [3.63, 3.8) is 0 Å². The summed E-state index contributed by atoms with van der Waals surface area (Å²) < 4.78 is 11.5. The van der Waals surface area contributed by atoms with Gasteiger partial charge in [-0.25, -0.2) is 0 Å². The second-order valence-corrected chi connectivity index (χ2v) is 7.27. The summed E-state index contributed by atoms with van der Waals surface area (Å²) in [7, 11) is -0.689. The van der Waals surface area contributed by atoms with Crippen LogP contribution in [0, 0.1) is 6.92 Å². The first-order valence-electron chi connectivity index (χ1n) is 7.11. The number of hydrogen-bond donors (Lipinski definition) is 1. The molecule has 0 saturated carbocycles. The van der Waals surface area contributed by atoms with E-state index < -0.39 is 10.8 Å². The zero-order valence-corrected chi connectivity index (χ0v) is 12.5. The molecule has 108 valence electrons. The number of nitrogens with zero attached hydrogens (tertiary/aromatic N) is 1. The van der Waals surface area contributed by atoms with E-state index in [4.69, 9.17) is 0 Å². The van der Waals surface area contributed by atoms with Crippen LogP contribution in [0.2, 0.25) is 0 Å². The van der Waals surface area contributed by atoms with E-state index in [1.807, 2.05) is 4.90 Å². The van der Waals surface area contributed by atoms with E-state index in [9.17, 15) is 9.00 Å². The number of hydrogen-bond acceptors (Lipinski definition) is 3. The van der Waals surface area contributed by atoms with E-state index in [0.717, 1.165) is 29.9 Å². The average Bonchev–Trinajstić information content (AvgIpc) is 2.83. The van der Waals surface area contributed by atoms with Crippen molar-refractivity contribution in [2.24, 2.45) is 0 Å². The van der Waals surface area contributed by atoms with Crippen LogP contribution >= 0.6 is 0 Å². The molecule has 0 spiro atoms. The molecule has 1 aromatic carbocycles. The Kier molecular flexibility index (Phi) is 3.89. The quantitative estimate of drug-likeness (QED) is 0.895. The summed E-state index contributed by atoms with van der Waals surface area (Å²) in [5, 5.41) is 3.30. The molecule has 0 aliphatic carbocycles. The maximum absolute atomic E-state index is 12.2. The van der Waals surface area contributed by atoms with Crippen molar-refractivity contribution in [3.05, 3.63) is 35.4 Å². The third-order valence-electron chi connectivity index (χ3n) is 4.16. The Morgan fingerprint density at radius 1 is 1.20 bits per heavy atom. The first-order chi connectivity index (χ1) is 9.65. The summed E-state index contributed by atoms with van der Waals surface area (Å²) in [6.45, 7) is 2.46. The molecule has 5 heteroatoms. The molecular formula is C15H20N2O2S. The minimum atomic E-state index is -0.689. The minimum absolute atomic E-state index is 0.0281. The molecule has 4 nitrogen and oxygen atoms in total. The molecule has 1 N–H and O–H groups in total. The Labute approximate surface area is 122 Å². The summed E-state index contributed by atoms with van der Waals surface area (Å²) in [5.41, 5.74) is 2.35. The second-order valence-electron chi connectivity index (χ2n) is 5.57. The van der Waals surface area contributed by atoms with Crippen LogP contribution in [0.3, 0.4) is 0 Å². The highest BCUT2D eigenvalue weighted by molar-refractivity contribution is 7.85. The molecular weight excluding hydrogens is 272 g/mol. The fourth-order valence-electron chi connectivity index (χ4n) is 3.02. The molecule has 0 aromatic heterocycles. The first kappa shape index (κ1) is 13.8. The Balaban J connectivity index is 1.81. The molecule has 2 heterocycles. The molecule has 3 rings (SSSR count). The van der Waals surface area contributed by atoms with Gasteiger partial charge in [0.05, 0.1) is 6.54 Å². The molecule has 2 saturated heterocycles. The predicted octanol–water partition coefficient (Wildman–Crippen LogP) is 1.34. The number of carbonyl (C=O) groups excluding carboxylic acids is 1. The van der Waals surface area contributed by atoms with Gasteiger partial charge >= 0.3 is 0 Å². The smallest absolute Gasteiger partial charge is 0.238 e. The van der Waals surface area contributed by atoms with Gasteiger partial charge in [-0.15, -0.1) is 0 Å². The fourth-order valence-corrected chi connectivity index (χ4v) is 4.29. The summed E-state index contributed by atoms with van der Waals surface area (Å²) in [6, 6.07) is 8.54. The second kappa shape index (κ2) is 5.66. The van der Waals surface area contributed by atoms with Crippen molar-refractivity contribution in [2.45, 2.75) is 32.0 Å².